The molecule has 4 heteroatoms. The lowest BCUT2D eigenvalue weighted by molar-refractivity contribution is -0.140. The predicted octanol–water partition coefficient (Wildman–Crippen LogP) is 5.35. The van der Waals surface area contributed by atoms with Crippen molar-refractivity contribution >= 4 is 11.9 Å². The Kier molecular flexibility index (Phi) is 17.0. The fourth-order valence-corrected chi connectivity index (χ4v) is 2.34. The number of hydrogen-bond donors (Lipinski definition) is 0. The second-order valence-electron chi connectivity index (χ2n) is 6.20. The van der Waals surface area contributed by atoms with E-state index in [1.54, 1.807) is 0 Å². The molecule has 140 valence electrons. The van der Waals surface area contributed by atoms with Crippen LogP contribution in [-0.2, 0) is 19.1 Å². The van der Waals surface area contributed by atoms with Gasteiger partial charge >= 0.3 is 11.9 Å². The SMILES string of the molecule is CCCCCCCCCCOC(=O)C=CC(=O)OCCCCCC. The van der Waals surface area contributed by atoms with Gasteiger partial charge in [0, 0.05) is 12.2 Å². The number of hydrogen-bond acceptors (Lipinski definition) is 4. The minimum Gasteiger partial charge on any atom is -0.463 e. The molecule has 0 fully saturated rings. The molecular formula is C20H36O4. The van der Waals surface area contributed by atoms with Gasteiger partial charge in [-0.05, 0) is 12.8 Å². The Morgan fingerprint density at radius 3 is 1.33 bits per heavy atom. The fraction of sp³-hybridized carbons (Fsp3) is 0.800. The van der Waals surface area contributed by atoms with E-state index in [4.69, 9.17) is 9.47 Å². The highest BCUT2D eigenvalue weighted by Crippen LogP contribution is 2.08. The van der Waals surface area contributed by atoms with Gasteiger partial charge < -0.3 is 9.47 Å². The summed E-state index contributed by atoms with van der Waals surface area (Å²) in [6.45, 7) is 5.19. The molecule has 0 saturated heterocycles. The second kappa shape index (κ2) is 18.0. The number of esters is 2. The number of carbonyl (C=O) groups excluding carboxylic acids is 2. The Morgan fingerprint density at radius 2 is 0.917 bits per heavy atom. The molecule has 0 aromatic heterocycles. The third-order valence-electron chi connectivity index (χ3n) is 3.84. The molecule has 0 unspecified atom stereocenters. The van der Waals surface area contributed by atoms with E-state index in [0.29, 0.717) is 13.2 Å². The van der Waals surface area contributed by atoms with Crippen molar-refractivity contribution in [2.24, 2.45) is 0 Å². The molecule has 0 aliphatic rings. The average molecular weight is 341 g/mol. The van der Waals surface area contributed by atoms with Crippen LogP contribution >= 0.6 is 0 Å². The average Bonchev–Trinajstić information content (AvgIpc) is 2.58. The number of unbranched alkanes of at least 4 members (excludes halogenated alkanes) is 10. The van der Waals surface area contributed by atoms with Crippen LogP contribution in [0.5, 0.6) is 0 Å². The van der Waals surface area contributed by atoms with Gasteiger partial charge in [-0.3, -0.25) is 0 Å². The van der Waals surface area contributed by atoms with E-state index in [1.165, 1.54) is 38.5 Å². The molecule has 0 aliphatic carbocycles. The second-order valence-corrected chi connectivity index (χ2v) is 6.20. The van der Waals surface area contributed by atoms with Gasteiger partial charge in [-0.15, -0.1) is 0 Å². The molecule has 0 amide bonds. The van der Waals surface area contributed by atoms with Crippen LogP contribution in [0.25, 0.3) is 0 Å². The summed E-state index contributed by atoms with van der Waals surface area (Å²) in [5.74, 6) is -0.948. The van der Waals surface area contributed by atoms with Gasteiger partial charge in [0.15, 0.2) is 0 Å². The maximum atomic E-state index is 11.5. The number of carbonyl (C=O) groups is 2. The van der Waals surface area contributed by atoms with Crippen molar-refractivity contribution in [2.45, 2.75) is 90.9 Å². The van der Waals surface area contributed by atoms with Crippen LogP contribution in [0.1, 0.15) is 90.9 Å². The first-order valence-corrected chi connectivity index (χ1v) is 9.72. The highest BCUT2D eigenvalue weighted by Gasteiger charge is 2.01. The highest BCUT2D eigenvalue weighted by molar-refractivity contribution is 5.91. The molecule has 4 nitrogen and oxygen atoms in total. The summed E-state index contributed by atoms with van der Waals surface area (Å²) in [5.41, 5.74) is 0. The van der Waals surface area contributed by atoms with E-state index >= 15 is 0 Å². The monoisotopic (exact) mass is 340 g/mol. The quantitative estimate of drug-likeness (QED) is 0.216. The van der Waals surface area contributed by atoms with Gasteiger partial charge in [0.1, 0.15) is 0 Å². The Morgan fingerprint density at radius 1 is 0.583 bits per heavy atom. The standard InChI is InChI=1S/C20H36O4/c1-3-5-7-9-10-11-12-14-18-24-20(22)16-15-19(21)23-17-13-8-6-4-2/h15-16H,3-14,17-18H2,1-2H3. The van der Waals surface area contributed by atoms with E-state index in [-0.39, 0.29) is 0 Å². The molecule has 0 bridgehead atoms. The van der Waals surface area contributed by atoms with Gasteiger partial charge in [0.2, 0.25) is 0 Å². The third-order valence-corrected chi connectivity index (χ3v) is 3.84. The van der Waals surface area contributed by atoms with E-state index in [9.17, 15) is 9.59 Å². The van der Waals surface area contributed by atoms with Gasteiger partial charge in [-0.25, -0.2) is 9.59 Å². The third kappa shape index (κ3) is 17.0. The van der Waals surface area contributed by atoms with Crippen molar-refractivity contribution in [1.29, 1.82) is 0 Å². The maximum Gasteiger partial charge on any atom is 0.331 e. The molecule has 24 heavy (non-hydrogen) atoms. The van der Waals surface area contributed by atoms with Gasteiger partial charge in [0.25, 0.3) is 0 Å². The smallest absolute Gasteiger partial charge is 0.331 e. The summed E-state index contributed by atoms with van der Waals surface area (Å²) in [7, 11) is 0. The largest absolute Gasteiger partial charge is 0.463 e. The lowest BCUT2D eigenvalue weighted by Gasteiger charge is -2.03. The topological polar surface area (TPSA) is 52.6 Å². The number of ether oxygens (including phenoxy) is 2. The highest BCUT2D eigenvalue weighted by atomic mass is 16.5. The molecule has 0 atom stereocenters. The van der Waals surface area contributed by atoms with E-state index < -0.39 is 11.9 Å². The first kappa shape index (κ1) is 22.7. The van der Waals surface area contributed by atoms with Crippen LogP contribution in [0.3, 0.4) is 0 Å². The Bertz CT molecular complexity index is 337. The summed E-state index contributed by atoms with van der Waals surface area (Å²) < 4.78 is 10.1. The van der Waals surface area contributed by atoms with Crippen molar-refractivity contribution in [2.75, 3.05) is 13.2 Å². The molecule has 0 N–H and O–H groups in total. The molecule has 0 spiro atoms. The summed E-state index contributed by atoms with van der Waals surface area (Å²) in [5, 5.41) is 0. The van der Waals surface area contributed by atoms with Crippen molar-refractivity contribution in [3.63, 3.8) is 0 Å². The molecular weight excluding hydrogens is 304 g/mol. The van der Waals surface area contributed by atoms with Crippen LogP contribution in [0.4, 0.5) is 0 Å². The van der Waals surface area contributed by atoms with E-state index in [0.717, 1.165) is 50.7 Å². The molecule has 0 aromatic carbocycles. The lowest BCUT2D eigenvalue weighted by Crippen LogP contribution is -2.06. The first-order chi connectivity index (χ1) is 11.7. The summed E-state index contributed by atoms with van der Waals surface area (Å²) >= 11 is 0. The predicted molar refractivity (Wildman–Crippen MR) is 97.8 cm³/mol. The molecule has 0 saturated carbocycles. The minimum absolute atomic E-state index is 0.413. The van der Waals surface area contributed by atoms with Gasteiger partial charge in [-0.2, -0.15) is 0 Å². The van der Waals surface area contributed by atoms with Gasteiger partial charge in [-0.1, -0.05) is 78.1 Å². The van der Waals surface area contributed by atoms with Crippen molar-refractivity contribution in [3.05, 3.63) is 12.2 Å². The lowest BCUT2D eigenvalue weighted by atomic mass is 10.1. The zero-order valence-electron chi connectivity index (χ0n) is 15.7. The first-order valence-electron chi connectivity index (χ1n) is 9.72. The van der Waals surface area contributed by atoms with Crippen molar-refractivity contribution in [3.8, 4) is 0 Å². The van der Waals surface area contributed by atoms with Crippen LogP contribution in [0, 0.1) is 0 Å². The Hall–Kier alpha value is -1.32. The van der Waals surface area contributed by atoms with E-state index in [2.05, 4.69) is 13.8 Å². The summed E-state index contributed by atoms with van der Waals surface area (Å²) in [4.78, 5) is 22.8. The molecule has 0 rings (SSSR count). The van der Waals surface area contributed by atoms with Crippen LogP contribution in [0.2, 0.25) is 0 Å². The Balaban J connectivity index is 3.45. The van der Waals surface area contributed by atoms with Crippen LogP contribution in [0.15, 0.2) is 12.2 Å². The van der Waals surface area contributed by atoms with Crippen molar-refractivity contribution in [1.82, 2.24) is 0 Å². The fourth-order valence-electron chi connectivity index (χ4n) is 2.34. The zero-order valence-corrected chi connectivity index (χ0v) is 15.7. The molecule has 0 radical (unpaired) electrons. The normalized spacial score (nSPS) is 10.9. The van der Waals surface area contributed by atoms with Gasteiger partial charge in [0.05, 0.1) is 13.2 Å². The van der Waals surface area contributed by atoms with Crippen molar-refractivity contribution < 1.29 is 19.1 Å². The summed E-state index contributed by atoms with van der Waals surface area (Å²) in [6.07, 6.45) is 16.2. The van der Waals surface area contributed by atoms with Crippen LogP contribution < -0.4 is 0 Å². The maximum absolute atomic E-state index is 11.5. The summed E-state index contributed by atoms with van der Waals surface area (Å²) in [6, 6.07) is 0. The van der Waals surface area contributed by atoms with Crippen LogP contribution in [-0.4, -0.2) is 25.2 Å². The Labute approximate surface area is 148 Å². The molecule has 0 heterocycles. The molecule has 0 aromatic rings. The number of rotatable bonds is 16. The van der Waals surface area contributed by atoms with E-state index in [1.807, 2.05) is 0 Å². The zero-order chi connectivity index (χ0) is 17.9. The minimum atomic E-state index is -0.476. The molecule has 0 aliphatic heterocycles.